The Bertz CT molecular complexity index is 365. The second-order valence-electron chi connectivity index (χ2n) is 4.61. The summed E-state index contributed by atoms with van der Waals surface area (Å²) in [7, 11) is 0. The van der Waals surface area contributed by atoms with E-state index in [0.717, 1.165) is 5.56 Å². The van der Waals surface area contributed by atoms with Crippen molar-refractivity contribution in [1.82, 2.24) is 0 Å². The molecule has 0 saturated carbocycles. The highest BCUT2D eigenvalue weighted by Gasteiger charge is 2.23. The molecule has 0 radical (unpaired) electrons. The van der Waals surface area contributed by atoms with Crippen molar-refractivity contribution in [3.05, 3.63) is 28.3 Å². The van der Waals surface area contributed by atoms with Crippen molar-refractivity contribution in [2.45, 2.75) is 39.2 Å². The average molecular weight is 229 g/mol. The van der Waals surface area contributed by atoms with Gasteiger partial charge in [-0.2, -0.15) is 0 Å². The Morgan fingerprint density at radius 1 is 1.27 bits per heavy atom. The Hall–Kier alpha value is -0.730. The fourth-order valence-electron chi connectivity index (χ4n) is 1.42. The number of aromatic hydroxyl groups is 1. The highest BCUT2D eigenvalue weighted by atomic mass is 35.5. The molecule has 0 aliphatic heterocycles. The molecule has 15 heavy (non-hydrogen) atoms. The number of hydrogen-bond donors (Lipinski definition) is 2. The fourth-order valence-corrected chi connectivity index (χ4v) is 1.65. The number of phenolic OH excluding ortho intramolecular Hbond substituents is 1. The van der Waals surface area contributed by atoms with Crippen molar-refractivity contribution in [2.75, 3.05) is 0 Å². The van der Waals surface area contributed by atoms with Gasteiger partial charge in [0, 0.05) is 5.56 Å². The van der Waals surface area contributed by atoms with Crippen molar-refractivity contribution in [2.24, 2.45) is 0 Å². The lowest BCUT2D eigenvalue weighted by atomic mass is 9.92. The minimum absolute atomic E-state index is 0.0337. The van der Waals surface area contributed by atoms with Crippen molar-refractivity contribution in [3.63, 3.8) is 0 Å². The van der Waals surface area contributed by atoms with E-state index in [1.807, 2.05) is 13.8 Å². The van der Waals surface area contributed by atoms with Gasteiger partial charge < -0.3 is 10.2 Å². The summed E-state index contributed by atoms with van der Waals surface area (Å²) >= 11 is 5.91. The van der Waals surface area contributed by atoms with Gasteiger partial charge in [0.2, 0.25) is 0 Å². The number of hydrogen-bond acceptors (Lipinski definition) is 2. The summed E-state index contributed by atoms with van der Waals surface area (Å²) in [6, 6.07) is 3.53. The van der Waals surface area contributed by atoms with E-state index in [1.54, 1.807) is 26.0 Å². The zero-order valence-electron chi connectivity index (χ0n) is 9.50. The molecule has 0 bridgehead atoms. The van der Waals surface area contributed by atoms with E-state index in [1.165, 1.54) is 0 Å². The Morgan fingerprint density at radius 3 is 2.20 bits per heavy atom. The van der Waals surface area contributed by atoms with Gasteiger partial charge in [0.05, 0.1) is 10.6 Å². The van der Waals surface area contributed by atoms with Crippen LogP contribution in [0.5, 0.6) is 5.75 Å². The summed E-state index contributed by atoms with van der Waals surface area (Å²) in [6.45, 7) is 7.33. The van der Waals surface area contributed by atoms with E-state index in [9.17, 15) is 10.2 Å². The Kier molecular flexibility index (Phi) is 3.31. The summed E-state index contributed by atoms with van der Waals surface area (Å²) in [5, 5.41) is 19.9. The molecular formula is C12H17ClO2. The molecule has 1 rings (SSSR count). The number of phenols is 1. The number of rotatable bonds is 2. The number of halogens is 1. The first-order valence-corrected chi connectivity index (χ1v) is 5.36. The third-order valence-electron chi connectivity index (χ3n) is 2.41. The first-order chi connectivity index (χ1) is 6.73. The largest absolute Gasteiger partial charge is 0.506 e. The molecule has 1 aromatic rings. The van der Waals surface area contributed by atoms with E-state index in [0.29, 0.717) is 16.5 Å². The van der Waals surface area contributed by atoms with Crippen LogP contribution in [0.4, 0.5) is 0 Å². The van der Waals surface area contributed by atoms with Crippen molar-refractivity contribution in [3.8, 4) is 5.75 Å². The maximum atomic E-state index is 9.88. The molecule has 0 fully saturated rings. The Labute approximate surface area is 95.5 Å². The molecule has 0 atom stereocenters. The minimum Gasteiger partial charge on any atom is -0.506 e. The summed E-state index contributed by atoms with van der Waals surface area (Å²) in [5.41, 5.74) is 0.396. The highest BCUT2D eigenvalue weighted by molar-refractivity contribution is 6.32. The molecule has 0 unspecified atom stereocenters. The lowest BCUT2D eigenvalue weighted by Crippen LogP contribution is -2.16. The SMILES string of the molecule is CC(C)c1cc(Cl)c(O)c(C(C)(C)O)c1. The van der Waals surface area contributed by atoms with Crippen LogP contribution in [-0.4, -0.2) is 10.2 Å². The molecule has 1 aromatic carbocycles. The third-order valence-corrected chi connectivity index (χ3v) is 2.70. The molecule has 0 heterocycles. The van der Waals surface area contributed by atoms with Crippen LogP contribution >= 0.6 is 11.6 Å². The minimum atomic E-state index is -1.08. The lowest BCUT2D eigenvalue weighted by Gasteiger charge is -2.21. The van der Waals surface area contributed by atoms with Crippen molar-refractivity contribution < 1.29 is 10.2 Å². The van der Waals surface area contributed by atoms with Gasteiger partial charge in [-0.3, -0.25) is 0 Å². The van der Waals surface area contributed by atoms with E-state index >= 15 is 0 Å². The highest BCUT2D eigenvalue weighted by Crippen LogP contribution is 2.37. The van der Waals surface area contributed by atoms with Gasteiger partial charge in [0.25, 0.3) is 0 Å². The molecule has 0 aliphatic rings. The van der Waals surface area contributed by atoms with Crippen LogP contribution in [0.3, 0.4) is 0 Å². The van der Waals surface area contributed by atoms with Crippen LogP contribution in [0.1, 0.15) is 44.7 Å². The predicted molar refractivity (Wildman–Crippen MR) is 62.5 cm³/mol. The van der Waals surface area contributed by atoms with Crippen LogP contribution < -0.4 is 0 Å². The molecule has 2 N–H and O–H groups in total. The summed E-state index contributed by atoms with van der Waals surface area (Å²) < 4.78 is 0. The van der Waals surface area contributed by atoms with E-state index in [-0.39, 0.29) is 5.75 Å². The Morgan fingerprint density at radius 2 is 1.80 bits per heavy atom. The van der Waals surface area contributed by atoms with Crippen molar-refractivity contribution in [1.29, 1.82) is 0 Å². The van der Waals surface area contributed by atoms with Gasteiger partial charge in [-0.15, -0.1) is 0 Å². The van der Waals surface area contributed by atoms with Gasteiger partial charge in [0.1, 0.15) is 5.75 Å². The topological polar surface area (TPSA) is 40.5 Å². The summed E-state index contributed by atoms with van der Waals surface area (Å²) in [4.78, 5) is 0. The molecule has 0 spiro atoms. The van der Waals surface area contributed by atoms with Gasteiger partial charge in [0.15, 0.2) is 0 Å². The van der Waals surface area contributed by atoms with Gasteiger partial charge in [-0.1, -0.05) is 25.4 Å². The van der Waals surface area contributed by atoms with Gasteiger partial charge in [-0.25, -0.2) is 0 Å². The first-order valence-electron chi connectivity index (χ1n) is 4.98. The molecule has 3 heteroatoms. The van der Waals surface area contributed by atoms with Crippen LogP contribution in [-0.2, 0) is 5.60 Å². The van der Waals surface area contributed by atoms with Crippen LogP contribution in [0.25, 0.3) is 0 Å². The number of benzene rings is 1. The maximum absolute atomic E-state index is 9.88. The predicted octanol–water partition coefficient (Wildman–Crippen LogP) is 3.40. The Balaban J connectivity index is 3.38. The summed E-state index contributed by atoms with van der Waals surface area (Å²) in [6.07, 6.45) is 0. The average Bonchev–Trinajstić information content (AvgIpc) is 2.06. The zero-order valence-corrected chi connectivity index (χ0v) is 10.3. The zero-order chi connectivity index (χ0) is 11.8. The maximum Gasteiger partial charge on any atom is 0.140 e. The van der Waals surface area contributed by atoms with E-state index in [4.69, 9.17) is 11.6 Å². The van der Waals surface area contributed by atoms with Crippen LogP contribution in [0.15, 0.2) is 12.1 Å². The molecule has 0 aliphatic carbocycles. The van der Waals surface area contributed by atoms with Crippen LogP contribution in [0, 0.1) is 0 Å². The smallest absolute Gasteiger partial charge is 0.140 e. The summed E-state index contributed by atoms with van der Waals surface area (Å²) in [5.74, 6) is 0.276. The second kappa shape index (κ2) is 4.03. The molecule has 0 amide bonds. The molecule has 0 saturated heterocycles. The van der Waals surface area contributed by atoms with Crippen molar-refractivity contribution >= 4 is 11.6 Å². The van der Waals surface area contributed by atoms with E-state index in [2.05, 4.69) is 0 Å². The molecule has 84 valence electrons. The third kappa shape index (κ3) is 2.64. The second-order valence-corrected chi connectivity index (χ2v) is 5.02. The first kappa shape index (κ1) is 12.3. The lowest BCUT2D eigenvalue weighted by molar-refractivity contribution is 0.0757. The van der Waals surface area contributed by atoms with E-state index < -0.39 is 5.60 Å². The molecule has 2 nitrogen and oxygen atoms in total. The monoisotopic (exact) mass is 228 g/mol. The van der Waals surface area contributed by atoms with Gasteiger partial charge in [-0.05, 0) is 37.5 Å². The molecule has 0 aromatic heterocycles. The number of aliphatic hydroxyl groups is 1. The fraction of sp³-hybridized carbons (Fsp3) is 0.500. The standard InChI is InChI=1S/C12H17ClO2/c1-7(2)8-5-9(12(3,4)15)11(14)10(13)6-8/h5-7,14-15H,1-4H3. The van der Waals surface area contributed by atoms with Crippen LogP contribution in [0.2, 0.25) is 5.02 Å². The normalized spacial score (nSPS) is 12.2. The van der Waals surface area contributed by atoms with Gasteiger partial charge >= 0.3 is 0 Å². The quantitative estimate of drug-likeness (QED) is 0.815. The molecular weight excluding hydrogens is 212 g/mol.